The van der Waals surface area contributed by atoms with Crippen molar-refractivity contribution in [3.8, 4) is 0 Å². The monoisotopic (exact) mass is 404 g/mol. The molecule has 0 saturated carbocycles. The highest BCUT2D eigenvalue weighted by atomic mass is 35.5. The van der Waals surface area contributed by atoms with Gasteiger partial charge >= 0.3 is 6.09 Å². The van der Waals surface area contributed by atoms with Crippen LogP contribution in [0.5, 0.6) is 0 Å². The highest BCUT2D eigenvalue weighted by Gasteiger charge is 2.25. The molecule has 4 N–H and O–H groups in total. The number of thiazole rings is 1. The molecule has 0 atom stereocenters. The Morgan fingerprint density at radius 2 is 1.96 bits per heavy atom. The van der Waals surface area contributed by atoms with E-state index < -0.39 is 12.0 Å². The molecule has 0 aliphatic rings. The van der Waals surface area contributed by atoms with Crippen LogP contribution < -0.4 is 16.0 Å². The number of nitrogens with zero attached hydrogens (tertiary/aromatic N) is 2. The summed E-state index contributed by atoms with van der Waals surface area (Å²) < 4.78 is 0. The first-order valence-corrected chi connectivity index (χ1v) is 9.47. The number of hydrogen-bond acceptors (Lipinski definition) is 5. The Bertz CT molecular complexity index is 992. The van der Waals surface area contributed by atoms with E-state index in [1.165, 1.54) is 0 Å². The molecule has 0 aliphatic carbocycles. The van der Waals surface area contributed by atoms with E-state index in [0.29, 0.717) is 17.4 Å². The molecule has 0 spiro atoms. The number of primary amides is 1. The topological polar surface area (TPSA) is 109 Å². The van der Waals surface area contributed by atoms with Crippen molar-refractivity contribution in [2.24, 2.45) is 5.73 Å². The van der Waals surface area contributed by atoms with Gasteiger partial charge in [-0.15, -0.1) is 11.6 Å². The summed E-state index contributed by atoms with van der Waals surface area (Å²) in [6, 6.07) is 13.7. The van der Waals surface area contributed by atoms with Crippen molar-refractivity contribution < 1.29 is 14.7 Å². The van der Waals surface area contributed by atoms with Crippen molar-refractivity contribution >= 4 is 61.5 Å². The fraction of sp³-hybridized carbons (Fsp3) is 0.167. The number of halogens is 1. The maximum atomic E-state index is 11.8. The van der Waals surface area contributed by atoms with Gasteiger partial charge in [-0.2, -0.15) is 0 Å². The van der Waals surface area contributed by atoms with E-state index in [4.69, 9.17) is 17.3 Å². The Morgan fingerprint density at radius 3 is 2.63 bits per heavy atom. The third-order valence-corrected chi connectivity index (χ3v) is 5.10. The van der Waals surface area contributed by atoms with Crippen LogP contribution in [0.4, 0.5) is 20.6 Å². The van der Waals surface area contributed by atoms with Crippen LogP contribution in [0.3, 0.4) is 0 Å². The predicted octanol–water partition coefficient (Wildman–Crippen LogP) is 4.25. The molecule has 2 aromatic carbocycles. The van der Waals surface area contributed by atoms with Gasteiger partial charge in [0.25, 0.3) is 5.91 Å². The van der Waals surface area contributed by atoms with Gasteiger partial charge in [0.1, 0.15) is 5.00 Å². The summed E-state index contributed by atoms with van der Waals surface area (Å²) in [7, 11) is 0. The van der Waals surface area contributed by atoms with Crippen molar-refractivity contribution in [3.05, 3.63) is 48.2 Å². The lowest BCUT2D eigenvalue weighted by molar-refractivity contribution is 0.0997. The minimum absolute atomic E-state index is 0.0831. The van der Waals surface area contributed by atoms with E-state index >= 15 is 0 Å². The van der Waals surface area contributed by atoms with Gasteiger partial charge in [0.15, 0.2) is 10.8 Å². The quantitative estimate of drug-likeness (QED) is 0.510. The Balaban J connectivity index is 1.93. The fourth-order valence-corrected chi connectivity index (χ4v) is 3.73. The van der Waals surface area contributed by atoms with Crippen molar-refractivity contribution in [2.45, 2.75) is 6.42 Å². The number of anilines is 3. The second-order valence-corrected chi connectivity index (χ2v) is 7.06. The molecule has 27 heavy (non-hydrogen) atoms. The van der Waals surface area contributed by atoms with E-state index in [9.17, 15) is 14.7 Å². The molecule has 0 fully saturated rings. The molecule has 3 aromatic rings. The standard InChI is InChI=1S/C18H17ClN4O3S/c19-8-3-9-23(18(25)26)16-14(15(20)24)22-17(27-16)21-13-7-6-11-4-1-2-5-12(11)10-13/h1-2,4-7,10H,3,8-9H2,(H2,20,24)(H,21,22)(H,25,26). The Labute approximate surface area is 164 Å². The largest absolute Gasteiger partial charge is 0.465 e. The molecule has 9 heteroatoms. The van der Waals surface area contributed by atoms with Crippen molar-refractivity contribution in [2.75, 3.05) is 22.6 Å². The number of carboxylic acid groups (broad SMARTS) is 1. The summed E-state index contributed by atoms with van der Waals surface area (Å²) in [4.78, 5) is 28.6. The van der Waals surface area contributed by atoms with Gasteiger partial charge in [-0.25, -0.2) is 9.78 Å². The maximum Gasteiger partial charge on any atom is 0.412 e. The number of nitrogens with two attached hydrogens (primary N) is 1. The van der Waals surface area contributed by atoms with Gasteiger partial charge in [-0.05, 0) is 29.3 Å². The lowest BCUT2D eigenvalue weighted by atomic mass is 10.1. The van der Waals surface area contributed by atoms with Crippen LogP contribution in [-0.4, -0.2) is 34.5 Å². The summed E-state index contributed by atoms with van der Waals surface area (Å²) in [5.74, 6) is -0.485. The Kier molecular flexibility index (Phi) is 5.78. The predicted molar refractivity (Wildman–Crippen MR) is 109 cm³/mol. The van der Waals surface area contributed by atoms with Gasteiger partial charge in [0.05, 0.1) is 0 Å². The molecule has 0 radical (unpaired) electrons. The first-order chi connectivity index (χ1) is 13.0. The third kappa shape index (κ3) is 4.29. The highest BCUT2D eigenvalue weighted by molar-refractivity contribution is 7.20. The summed E-state index contributed by atoms with van der Waals surface area (Å²) in [6.45, 7) is 0.150. The highest BCUT2D eigenvalue weighted by Crippen LogP contribution is 2.34. The normalized spacial score (nSPS) is 10.7. The fourth-order valence-electron chi connectivity index (χ4n) is 2.60. The molecule has 3 rings (SSSR count). The number of amides is 2. The zero-order valence-corrected chi connectivity index (χ0v) is 15.8. The molecule has 1 aromatic heterocycles. The number of carbonyl (C=O) groups is 2. The summed E-state index contributed by atoms with van der Waals surface area (Å²) >= 11 is 6.72. The number of fused-ring (bicyclic) bond motifs is 1. The van der Waals surface area contributed by atoms with Gasteiger partial charge in [-0.1, -0.05) is 41.7 Å². The van der Waals surface area contributed by atoms with E-state index in [0.717, 1.165) is 32.7 Å². The average molecular weight is 405 g/mol. The molecular weight excluding hydrogens is 388 g/mol. The van der Waals surface area contributed by atoms with Crippen LogP contribution in [0.15, 0.2) is 42.5 Å². The SMILES string of the molecule is NC(=O)c1nc(Nc2ccc3ccccc3c2)sc1N(CCCCl)C(=O)O. The maximum absolute atomic E-state index is 11.8. The molecule has 140 valence electrons. The van der Waals surface area contributed by atoms with Crippen LogP contribution in [0.25, 0.3) is 10.8 Å². The Hall–Kier alpha value is -2.84. The van der Waals surface area contributed by atoms with Crippen LogP contribution in [0.2, 0.25) is 0 Å². The van der Waals surface area contributed by atoms with E-state index in [1.807, 2.05) is 42.5 Å². The van der Waals surface area contributed by atoms with E-state index in [-0.39, 0.29) is 17.2 Å². The summed E-state index contributed by atoms with van der Waals surface area (Å²) in [6.07, 6.45) is -0.749. The van der Waals surface area contributed by atoms with Gasteiger partial charge in [0.2, 0.25) is 0 Å². The third-order valence-electron chi connectivity index (χ3n) is 3.83. The first-order valence-electron chi connectivity index (χ1n) is 8.12. The smallest absolute Gasteiger partial charge is 0.412 e. The van der Waals surface area contributed by atoms with E-state index in [1.54, 1.807) is 0 Å². The molecule has 2 amide bonds. The van der Waals surface area contributed by atoms with Gasteiger partial charge in [0, 0.05) is 18.1 Å². The molecule has 0 aliphatic heterocycles. The molecule has 0 bridgehead atoms. The summed E-state index contributed by atoms with van der Waals surface area (Å²) in [5.41, 5.74) is 6.08. The van der Waals surface area contributed by atoms with Crippen molar-refractivity contribution in [1.29, 1.82) is 0 Å². The first kappa shape index (κ1) is 18.9. The minimum Gasteiger partial charge on any atom is -0.465 e. The van der Waals surface area contributed by atoms with Crippen molar-refractivity contribution in [3.63, 3.8) is 0 Å². The number of hydrogen-bond donors (Lipinski definition) is 3. The molecule has 7 nitrogen and oxygen atoms in total. The number of carbonyl (C=O) groups excluding carboxylic acids is 1. The van der Waals surface area contributed by atoms with Crippen LogP contribution in [-0.2, 0) is 0 Å². The molecule has 0 unspecified atom stereocenters. The number of alkyl halides is 1. The zero-order valence-electron chi connectivity index (χ0n) is 14.2. The summed E-state index contributed by atoms with van der Waals surface area (Å²) in [5, 5.41) is 15.3. The lowest BCUT2D eigenvalue weighted by Gasteiger charge is -2.16. The second-order valence-electron chi connectivity index (χ2n) is 5.70. The average Bonchev–Trinajstić information content (AvgIpc) is 3.05. The van der Waals surface area contributed by atoms with Crippen molar-refractivity contribution in [1.82, 2.24) is 4.98 Å². The number of benzene rings is 2. The lowest BCUT2D eigenvalue weighted by Crippen LogP contribution is -2.31. The Morgan fingerprint density at radius 1 is 1.22 bits per heavy atom. The van der Waals surface area contributed by atoms with Crippen LogP contribution >= 0.6 is 22.9 Å². The molecular formula is C18H17ClN4O3S. The van der Waals surface area contributed by atoms with Gasteiger partial charge < -0.3 is 16.2 Å². The van der Waals surface area contributed by atoms with Crippen LogP contribution in [0, 0.1) is 0 Å². The minimum atomic E-state index is -1.19. The number of rotatable bonds is 7. The number of aromatic nitrogens is 1. The molecule has 1 heterocycles. The van der Waals surface area contributed by atoms with Gasteiger partial charge in [-0.3, -0.25) is 9.69 Å². The molecule has 0 saturated heterocycles. The second kappa shape index (κ2) is 8.24. The van der Waals surface area contributed by atoms with E-state index in [2.05, 4.69) is 10.3 Å². The number of nitrogens with one attached hydrogen (secondary N) is 1. The zero-order chi connectivity index (χ0) is 19.4. The van der Waals surface area contributed by atoms with Crippen LogP contribution in [0.1, 0.15) is 16.9 Å².